The second kappa shape index (κ2) is 8.70. The summed E-state index contributed by atoms with van der Waals surface area (Å²) in [6.07, 6.45) is 1.90. The van der Waals surface area contributed by atoms with E-state index in [0.29, 0.717) is 22.3 Å². The van der Waals surface area contributed by atoms with Gasteiger partial charge in [-0.25, -0.2) is 13.5 Å². The van der Waals surface area contributed by atoms with E-state index in [1.54, 1.807) is 12.1 Å². The minimum absolute atomic E-state index is 0.0190. The number of nitrogens with two attached hydrogens (primary N) is 1. The van der Waals surface area contributed by atoms with Gasteiger partial charge in [-0.1, -0.05) is 23.9 Å². The van der Waals surface area contributed by atoms with Crippen LogP contribution >= 0.6 is 11.8 Å². The number of carbonyl (C=O) groups excluding carboxylic acids is 1. The number of nitrogen functional groups attached to an aromatic ring is 1. The van der Waals surface area contributed by atoms with Crippen LogP contribution in [0.3, 0.4) is 0 Å². The van der Waals surface area contributed by atoms with E-state index >= 15 is 0 Å². The molecule has 1 atom stereocenters. The molecule has 1 unspecified atom stereocenters. The molecule has 2 aromatic carbocycles. The Morgan fingerprint density at radius 3 is 2.40 bits per heavy atom. The van der Waals surface area contributed by atoms with Crippen molar-refractivity contribution < 1.29 is 18.3 Å². The van der Waals surface area contributed by atoms with Crippen molar-refractivity contribution in [1.82, 2.24) is 20.2 Å². The molecule has 30 heavy (non-hydrogen) atoms. The lowest BCUT2D eigenvalue weighted by molar-refractivity contribution is -0.120. The Morgan fingerprint density at radius 1 is 1.13 bits per heavy atom. The lowest BCUT2D eigenvalue weighted by Crippen LogP contribution is -2.30. The third-order valence-electron chi connectivity index (χ3n) is 4.47. The lowest BCUT2D eigenvalue weighted by Gasteiger charge is -2.16. The number of benzene rings is 2. The highest BCUT2D eigenvalue weighted by molar-refractivity contribution is 8.00. The minimum atomic E-state index is -0.663. The standard InChI is InChI=1S/C20H19F2N5O2S/c21-13-3-1-12(2-4-13)18(19(28)24-15-7-8-15)30-20-26-25-17(27(20)23)11-29-16-9-5-14(22)6-10-16/h1-6,9-10,15,18H,7-8,11,23H2,(H,24,28). The van der Waals surface area contributed by atoms with Crippen LogP contribution in [0.25, 0.3) is 0 Å². The van der Waals surface area contributed by atoms with Gasteiger partial charge in [0.25, 0.3) is 0 Å². The van der Waals surface area contributed by atoms with Gasteiger partial charge in [-0.05, 0) is 54.8 Å². The van der Waals surface area contributed by atoms with Gasteiger partial charge in [-0.2, -0.15) is 0 Å². The third kappa shape index (κ3) is 4.88. The van der Waals surface area contributed by atoms with Crippen LogP contribution in [0.2, 0.25) is 0 Å². The smallest absolute Gasteiger partial charge is 0.238 e. The molecule has 0 bridgehead atoms. The maximum atomic E-state index is 13.3. The number of hydrogen-bond donors (Lipinski definition) is 2. The Kier molecular flexibility index (Phi) is 5.84. The summed E-state index contributed by atoms with van der Waals surface area (Å²) in [7, 11) is 0. The summed E-state index contributed by atoms with van der Waals surface area (Å²) in [5, 5.41) is 10.7. The van der Waals surface area contributed by atoms with E-state index in [4.69, 9.17) is 10.6 Å². The molecule has 0 saturated heterocycles. The molecule has 0 radical (unpaired) electrons. The predicted molar refractivity (Wildman–Crippen MR) is 107 cm³/mol. The Hall–Kier alpha value is -3.14. The van der Waals surface area contributed by atoms with E-state index in [1.807, 2.05) is 0 Å². The summed E-state index contributed by atoms with van der Waals surface area (Å²) >= 11 is 1.12. The molecule has 7 nitrogen and oxygen atoms in total. The van der Waals surface area contributed by atoms with E-state index in [2.05, 4.69) is 15.5 Å². The van der Waals surface area contributed by atoms with Gasteiger partial charge in [0, 0.05) is 6.04 Å². The fraction of sp³-hybridized carbons (Fsp3) is 0.250. The van der Waals surface area contributed by atoms with E-state index in [0.717, 1.165) is 24.6 Å². The molecule has 4 rings (SSSR count). The summed E-state index contributed by atoms with van der Waals surface area (Å²) in [5.41, 5.74) is 0.631. The van der Waals surface area contributed by atoms with Gasteiger partial charge in [0.05, 0.1) is 0 Å². The monoisotopic (exact) mass is 431 g/mol. The van der Waals surface area contributed by atoms with E-state index in [-0.39, 0.29) is 30.2 Å². The summed E-state index contributed by atoms with van der Waals surface area (Å²) in [6.45, 7) is 0.0190. The zero-order valence-corrected chi connectivity index (χ0v) is 16.6. The largest absolute Gasteiger partial charge is 0.486 e. The SMILES string of the molecule is Nn1c(COc2ccc(F)cc2)nnc1SC(C(=O)NC1CC1)c1ccc(F)cc1. The highest BCUT2D eigenvalue weighted by atomic mass is 32.2. The van der Waals surface area contributed by atoms with Crippen LogP contribution in [0.15, 0.2) is 53.7 Å². The first-order valence-corrected chi connectivity index (χ1v) is 10.2. The normalized spacial score (nSPS) is 14.3. The van der Waals surface area contributed by atoms with Gasteiger partial charge in [-0.3, -0.25) is 4.79 Å². The van der Waals surface area contributed by atoms with E-state index < -0.39 is 5.25 Å². The van der Waals surface area contributed by atoms with E-state index in [9.17, 15) is 13.6 Å². The molecule has 156 valence electrons. The van der Waals surface area contributed by atoms with Crippen molar-refractivity contribution in [3.8, 4) is 5.75 Å². The third-order valence-corrected chi connectivity index (χ3v) is 5.69. The van der Waals surface area contributed by atoms with Crippen molar-refractivity contribution in [3.63, 3.8) is 0 Å². The van der Waals surface area contributed by atoms with Crippen LogP contribution < -0.4 is 15.9 Å². The van der Waals surface area contributed by atoms with Crippen molar-refractivity contribution >= 4 is 17.7 Å². The van der Waals surface area contributed by atoms with Crippen LogP contribution in [0.1, 0.15) is 29.5 Å². The number of aromatic nitrogens is 3. The molecule has 1 heterocycles. The first kappa shape index (κ1) is 20.1. The fourth-order valence-corrected chi connectivity index (χ4v) is 3.67. The quantitative estimate of drug-likeness (QED) is 0.421. The number of nitrogens with one attached hydrogen (secondary N) is 1. The van der Waals surface area contributed by atoms with E-state index in [1.165, 1.54) is 41.1 Å². The summed E-state index contributed by atoms with van der Waals surface area (Å²) in [6, 6.07) is 11.5. The molecule has 1 aliphatic rings. The second-order valence-electron chi connectivity index (χ2n) is 6.84. The topological polar surface area (TPSA) is 95.1 Å². The summed E-state index contributed by atoms with van der Waals surface area (Å²) < 4.78 is 33.1. The Balaban J connectivity index is 1.48. The van der Waals surface area contributed by atoms with Gasteiger partial charge in [-0.15, -0.1) is 10.2 Å². The highest BCUT2D eigenvalue weighted by Gasteiger charge is 2.30. The van der Waals surface area contributed by atoms with Crippen molar-refractivity contribution in [2.24, 2.45) is 0 Å². The number of carbonyl (C=O) groups is 1. The maximum Gasteiger partial charge on any atom is 0.238 e. The number of amides is 1. The van der Waals surface area contributed by atoms with Crippen LogP contribution in [-0.2, 0) is 11.4 Å². The number of ether oxygens (including phenoxy) is 1. The van der Waals surface area contributed by atoms with Crippen molar-refractivity contribution in [1.29, 1.82) is 0 Å². The fourth-order valence-electron chi connectivity index (χ4n) is 2.69. The van der Waals surface area contributed by atoms with Crippen LogP contribution in [0.5, 0.6) is 5.75 Å². The molecule has 10 heteroatoms. The molecule has 1 fully saturated rings. The molecular formula is C20H19F2N5O2S. The average Bonchev–Trinajstić information content (AvgIpc) is 3.49. The molecule has 1 aromatic heterocycles. The number of thioether (sulfide) groups is 1. The van der Waals surface area contributed by atoms with Gasteiger partial charge in [0.1, 0.15) is 29.2 Å². The molecule has 3 aromatic rings. The molecular weight excluding hydrogens is 412 g/mol. The van der Waals surface area contributed by atoms with Gasteiger partial charge in [0.15, 0.2) is 5.82 Å². The van der Waals surface area contributed by atoms with Crippen molar-refractivity contribution in [3.05, 3.63) is 71.6 Å². The average molecular weight is 431 g/mol. The molecule has 1 amide bonds. The summed E-state index contributed by atoms with van der Waals surface area (Å²) in [5.74, 6) is 5.95. The zero-order valence-electron chi connectivity index (χ0n) is 15.8. The lowest BCUT2D eigenvalue weighted by atomic mass is 10.1. The zero-order chi connectivity index (χ0) is 21.1. The van der Waals surface area contributed by atoms with Crippen LogP contribution in [0.4, 0.5) is 8.78 Å². The first-order chi connectivity index (χ1) is 14.5. The Labute approximate surface area is 175 Å². The molecule has 0 aliphatic heterocycles. The van der Waals surface area contributed by atoms with Crippen molar-refractivity contribution in [2.45, 2.75) is 35.9 Å². The highest BCUT2D eigenvalue weighted by Crippen LogP contribution is 2.35. The number of rotatable bonds is 8. The van der Waals surface area contributed by atoms with Gasteiger partial charge < -0.3 is 15.9 Å². The van der Waals surface area contributed by atoms with Crippen LogP contribution in [0, 0.1) is 11.6 Å². The Morgan fingerprint density at radius 2 is 1.77 bits per heavy atom. The van der Waals surface area contributed by atoms with Crippen molar-refractivity contribution in [2.75, 3.05) is 5.84 Å². The van der Waals surface area contributed by atoms with Crippen LogP contribution in [-0.4, -0.2) is 26.8 Å². The number of hydrogen-bond acceptors (Lipinski definition) is 6. The second-order valence-corrected chi connectivity index (χ2v) is 7.92. The maximum absolute atomic E-state index is 13.3. The molecule has 0 spiro atoms. The molecule has 1 aliphatic carbocycles. The molecule has 3 N–H and O–H groups in total. The Bertz CT molecular complexity index is 1020. The number of nitrogens with zero attached hydrogens (tertiary/aromatic N) is 3. The first-order valence-electron chi connectivity index (χ1n) is 9.30. The molecule has 1 saturated carbocycles. The number of halogens is 2. The minimum Gasteiger partial charge on any atom is -0.486 e. The van der Waals surface area contributed by atoms with Gasteiger partial charge >= 0.3 is 0 Å². The van der Waals surface area contributed by atoms with Gasteiger partial charge in [0.2, 0.25) is 11.1 Å². The summed E-state index contributed by atoms with van der Waals surface area (Å²) in [4.78, 5) is 12.8. The predicted octanol–water partition coefficient (Wildman–Crippen LogP) is 2.96.